The number of rotatable bonds is 0. The van der Waals surface area contributed by atoms with E-state index in [0.29, 0.717) is 0 Å². The first-order chi connectivity index (χ1) is 7.07. The Hall–Kier alpha value is -0.677. The molecule has 0 aromatic carbocycles. The minimum atomic E-state index is -4.42. The maximum atomic E-state index is 12.1. The van der Waals surface area contributed by atoms with Gasteiger partial charge in [-0.25, -0.2) is 4.98 Å². The monoisotopic (exact) mass is 285 g/mol. The van der Waals surface area contributed by atoms with Gasteiger partial charge in [0.1, 0.15) is 5.69 Å². The molecule has 0 aliphatic heterocycles. The molecule has 0 bridgehead atoms. The van der Waals surface area contributed by atoms with Gasteiger partial charge >= 0.3 is 33.2 Å². The molecule has 3 nitrogen and oxygen atoms in total. The van der Waals surface area contributed by atoms with Crippen LogP contribution in [0.2, 0.25) is 0 Å². The summed E-state index contributed by atoms with van der Waals surface area (Å²) in [6.45, 7) is 0. The molecule has 2 rings (SSSR count). The average molecular weight is 287 g/mol. The summed E-state index contributed by atoms with van der Waals surface area (Å²) in [5.41, 5.74) is -0.762. The van der Waals surface area contributed by atoms with Crippen LogP contribution in [0.3, 0.4) is 0 Å². The van der Waals surface area contributed by atoms with Crippen LogP contribution < -0.4 is 0 Å². The zero-order chi connectivity index (χ0) is 11.5. The first kappa shape index (κ1) is 12.4. The van der Waals surface area contributed by atoms with Crippen LogP contribution in [0.25, 0.3) is 5.65 Å². The van der Waals surface area contributed by atoms with Crippen LogP contribution in [0.15, 0.2) is 18.6 Å². The van der Waals surface area contributed by atoms with Gasteiger partial charge in [0.2, 0.25) is 0 Å². The predicted molar refractivity (Wildman–Crippen MR) is 42.7 cm³/mol. The van der Waals surface area contributed by atoms with Crippen LogP contribution in [0.4, 0.5) is 13.2 Å². The number of imidazole rings is 1. The number of hydrogen-bond donors (Lipinski definition) is 0. The number of nitrogens with zero attached hydrogens (tertiary/aromatic N) is 3. The van der Waals surface area contributed by atoms with Crippen molar-refractivity contribution >= 4 is 15.3 Å². The fraction of sp³-hybridized carbons (Fsp3) is 0.143. The number of alkyl halides is 3. The third kappa shape index (κ3) is 2.89. The van der Waals surface area contributed by atoms with Crippen molar-refractivity contribution < 1.29 is 30.5 Å². The Morgan fingerprint density at radius 2 is 2.07 bits per heavy atom. The Kier molecular flexibility index (Phi) is 4.05. The van der Waals surface area contributed by atoms with Gasteiger partial charge in [-0.2, -0.15) is 13.2 Å². The standard InChI is InChI=1S/C7H3F3N3.ClH.Zn/c8-7(9,10)5-3-6-11-1-2-13(6)4-12-5;;/h2-4H;1H;/q-1;;+2/p-1. The molecule has 8 heteroatoms. The molecule has 0 fully saturated rings. The van der Waals surface area contributed by atoms with Crippen LogP contribution in [0, 0.1) is 6.20 Å². The Labute approximate surface area is 97.0 Å². The number of halogens is 4. The van der Waals surface area contributed by atoms with Gasteiger partial charge in [-0.1, -0.05) is 12.3 Å². The van der Waals surface area contributed by atoms with E-state index in [4.69, 9.17) is 9.69 Å². The molecule has 15 heavy (non-hydrogen) atoms. The second-order valence-corrected chi connectivity index (χ2v) is 2.41. The first-order valence-corrected chi connectivity index (χ1v) is 7.52. The van der Waals surface area contributed by atoms with Gasteiger partial charge in [-0.05, 0) is 5.65 Å². The van der Waals surface area contributed by atoms with Crippen molar-refractivity contribution in [1.29, 1.82) is 0 Å². The molecular formula is C7H3ClF3N3Zn. The fourth-order valence-electron chi connectivity index (χ4n) is 0.919. The summed E-state index contributed by atoms with van der Waals surface area (Å²) in [6, 6.07) is 0.872. The van der Waals surface area contributed by atoms with Crippen LogP contribution in [0.1, 0.15) is 5.69 Å². The van der Waals surface area contributed by atoms with Crippen molar-refractivity contribution in [3.05, 3.63) is 30.5 Å². The molecule has 76 valence electrons. The van der Waals surface area contributed by atoms with Gasteiger partial charge in [0.15, 0.2) is 0 Å². The SMILES string of the molecule is FC(F)(F)c1cc2n[c-]cn2cn1.[Cl][Zn+]. The molecule has 0 radical (unpaired) electrons. The summed E-state index contributed by atoms with van der Waals surface area (Å²) in [4.78, 5) is 6.82. The van der Waals surface area contributed by atoms with Gasteiger partial charge in [0.25, 0.3) is 0 Å². The number of hydrogen-bond acceptors (Lipinski definition) is 2. The summed E-state index contributed by atoms with van der Waals surface area (Å²) >= 11 is 0.847. The van der Waals surface area contributed by atoms with E-state index in [9.17, 15) is 13.2 Å². The quantitative estimate of drug-likeness (QED) is 0.549. The molecule has 0 aliphatic carbocycles. The molecule has 2 heterocycles. The van der Waals surface area contributed by atoms with Gasteiger partial charge < -0.3 is 9.38 Å². The second-order valence-electron chi connectivity index (χ2n) is 2.41. The summed E-state index contributed by atoms with van der Waals surface area (Å²) < 4.78 is 37.7. The van der Waals surface area contributed by atoms with E-state index in [-0.39, 0.29) is 5.65 Å². The van der Waals surface area contributed by atoms with Gasteiger partial charge in [-0.3, -0.25) is 0 Å². The Bertz CT molecular complexity index is 442. The molecule has 2 aromatic heterocycles. The molecular weight excluding hydrogens is 284 g/mol. The molecule has 0 unspecified atom stereocenters. The molecule has 0 amide bonds. The van der Waals surface area contributed by atoms with E-state index in [1.165, 1.54) is 10.6 Å². The summed E-state index contributed by atoms with van der Waals surface area (Å²) in [5, 5.41) is 0. The van der Waals surface area contributed by atoms with E-state index in [1.807, 2.05) is 0 Å². The fourth-order valence-corrected chi connectivity index (χ4v) is 0.919. The van der Waals surface area contributed by atoms with E-state index in [0.717, 1.165) is 29.7 Å². The Morgan fingerprint density at radius 1 is 1.40 bits per heavy atom. The third-order valence-electron chi connectivity index (χ3n) is 1.52. The molecule has 0 saturated heterocycles. The molecule has 0 aliphatic rings. The number of fused-ring (bicyclic) bond motifs is 1. The minimum absolute atomic E-state index is 0.183. The summed E-state index contributed by atoms with van der Waals surface area (Å²) in [6.07, 6.45) is 0.461. The predicted octanol–water partition coefficient (Wildman–Crippen LogP) is 2.24. The number of aromatic nitrogens is 3. The second kappa shape index (κ2) is 4.90. The third-order valence-corrected chi connectivity index (χ3v) is 1.52. The molecule has 0 N–H and O–H groups in total. The van der Waals surface area contributed by atoms with E-state index in [1.54, 1.807) is 0 Å². The van der Waals surface area contributed by atoms with Crippen molar-refractivity contribution in [3.63, 3.8) is 0 Å². The van der Waals surface area contributed by atoms with Gasteiger partial charge in [0.05, 0.1) is 6.33 Å². The van der Waals surface area contributed by atoms with Crippen molar-refractivity contribution in [2.75, 3.05) is 0 Å². The van der Waals surface area contributed by atoms with Gasteiger partial charge in [-0.15, -0.1) is 6.20 Å². The van der Waals surface area contributed by atoms with E-state index < -0.39 is 11.9 Å². The normalized spacial score (nSPS) is 11.1. The van der Waals surface area contributed by atoms with Crippen molar-refractivity contribution in [3.8, 4) is 0 Å². The summed E-state index contributed by atoms with van der Waals surface area (Å²) in [5.74, 6) is 0. The molecule has 2 aromatic rings. The summed E-state index contributed by atoms with van der Waals surface area (Å²) in [7, 11) is 4.76. The van der Waals surface area contributed by atoms with Crippen LogP contribution in [-0.4, -0.2) is 14.4 Å². The van der Waals surface area contributed by atoms with E-state index in [2.05, 4.69) is 16.2 Å². The van der Waals surface area contributed by atoms with Gasteiger partial charge in [0, 0.05) is 0 Å². The van der Waals surface area contributed by atoms with Crippen LogP contribution in [0.5, 0.6) is 0 Å². The first-order valence-electron chi connectivity index (χ1n) is 3.62. The average Bonchev–Trinajstić information content (AvgIpc) is 2.66. The topological polar surface area (TPSA) is 30.2 Å². The van der Waals surface area contributed by atoms with E-state index >= 15 is 0 Å². The molecule has 0 atom stereocenters. The van der Waals surface area contributed by atoms with Crippen LogP contribution in [-0.2, 0) is 23.5 Å². The zero-order valence-electron chi connectivity index (χ0n) is 7.29. The Morgan fingerprint density at radius 3 is 2.67 bits per heavy atom. The zero-order valence-corrected chi connectivity index (χ0v) is 11.0. The van der Waals surface area contributed by atoms with Crippen molar-refractivity contribution in [1.82, 2.24) is 14.4 Å². The Balaban J connectivity index is 0.000000531. The molecule has 0 saturated carbocycles. The van der Waals surface area contributed by atoms with Crippen molar-refractivity contribution in [2.45, 2.75) is 6.18 Å². The van der Waals surface area contributed by atoms with Crippen LogP contribution >= 0.6 is 9.69 Å². The van der Waals surface area contributed by atoms with Crippen molar-refractivity contribution in [2.24, 2.45) is 0 Å². The molecule has 0 spiro atoms. The maximum absolute atomic E-state index is 12.1.